The van der Waals surface area contributed by atoms with Gasteiger partial charge in [-0.05, 0) is 32.0 Å². The Bertz CT molecular complexity index is 286. The van der Waals surface area contributed by atoms with Gasteiger partial charge in [0, 0.05) is 12.1 Å². The van der Waals surface area contributed by atoms with Crippen LogP contribution < -0.4 is 10.5 Å². The number of rotatable bonds is 3. The Kier molecular flexibility index (Phi) is 3.25. The highest BCUT2D eigenvalue weighted by Crippen LogP contribution is 2.17. The molecule has 0 atom stereocenters. The average molecular weight is 183 g/mol. The van der Waals surface area contributed by atoms with Crippen LogP contribution in [-0.2, 0) is 6.54 Å². The summed E-state index contributed by atoms with van der Waals surface area (Å²) in [5.41, 5.74) is 5.84. The molecular weight excluding hydrogens is 169 g/mol. The molecule has 1 rings (SSSR count). The predicted molar refractivity (Wildman–Crippen MR) is 50.1 cm³/mol. The summed E-state index contributed by atoms with van der Waals surface area (Å²) in [6, 6.07) is 4.61. The van der Waals surface area contributed by atoms with Crippen LogP contribution in [0.25, 0.3) is 0 Å². The molecule has 0 spiro atoms. The lowest BCUT2D eigenvalue weighted by Crippen LogP contribution is -2.07. The van der Waals surface area contributed by atoms with Crippen LogP contribution in [0.2, 0.25) is 0 Å². The van der Waals surface area contributed by atoms with Crippen molar-refractivity contribution in [2.45, 2.75) is 26.5 Å². The van der Waals surface area contributed by atoms with E-state index in [-0.39, 0.29) is 18.5 Å². The molecule has 0 amide bonds. The van der Waals surface area contributed by atoms with Crippen molar-refractivity contribution in [1.82, 2.24) is 0 Å². The summed E-state index contributed by atoms with van der Waals surface area (Å²) in [4.78, 5) is 0. The van der Waals surface area contributed by atoms with Crippen molar-refractivity contribution in [3.05, 3.63) is 29.6 Å². The molecule has 13 heavy (non-hydrogen) atoms. The van der Waals surface area contributed by atoms with Crippen molar-refractivity contribution >= 4 is 0 Å². The van der Waals surface area contributed by atoms with Gasteiger partial charge in [0.1, 0.15) is 11.6 Å². The Morgan fingerprint density at radius 1 is 1.46 bits per heavy atom. The molecule has 0 radical (unpaired) electrons. The van der Waals surface area contributed by atoms with Gasteiger partial charge in [-0.1, -0.05) is 0 Å². The minimum atomic E-state index is -0.279. The summed E-state index contributed by atoms with van der Waals surface area (Å²) >= 11 is 0. The van der Waals surface area contributed by atoms with Gasteiger partial charge in [-0.25, -0.2) is 4.39 Å². The molecule has 0 heterocycles. The lowest BCUT2D eigenvalue weighted by molar-refractivity contribution is 0.242. The van der Waals surface area contributed by atoms with E-state index in [1.54, 1.807) is 12.1 Å². The fraction of sp³-hybridized carbons (Fsp3) is 0.400. The summed E-state index contributed by atoms with van der Waals surface area (Å²) in [5, 5.41) is 0. The average Bonchev–Trinajstić information content (AvgIpc) is 2.07. The first-order chi connectivity index (χ1) is 6.13. The van der Waals surface area contributed by atoms with Gasteiger partial charge in [-0.3, -0.25) is 0 Å². The van der Waals surface area contributed by atoms with E-state index in [0.29, 0.717) is 11.3 Å². The largest absolute Gasteiger partial charge is 0.491 e. The molecule has 0 saturated heterocycles. The van der Waals surface area contributed by atoms with Gasteiger partial charge in [0.25, 0.3) is 0 Å². The van der Waals surface area contributed by atoms with Crippen LogP contribution in [0.4, 0.5) is 4.39 Å². The van der Waals surface area contributed by atoms with Crippen molar-refractivity contribution in [1.29, 1.82) is 0 Å². The van der Waals surface area contributed by atoms with E-state index in [2.05, 4.69) is 0 Å². The number of ether oxygens (including phenoxy) is 1. The zero-order valence-electron chi connectivity index (χ0n) is 7.88. The van der Waals surface area contributed by atoms with E-state index in [0.717, 1.165) is 0 Å². The van der Waals surface area contributed by atoms with Crippen LogP contribution in [0.1, 0.15) is 19.4 Å². The second-order valence-corrected chi connectivity index (χ2v) is 3.12. The summed E-state index contributed by atoms with van der Waals surface area (Å²) < 4.78 is 18.4. The quantitative estimate of drug-likeness (QED) is 0.778. The van der Waals surface area contributed by atoms with E-state index in [1.165, 1.54) is 6.07 Å². The van der Waals surface area contributed by atoms with Gasteiger partial charge in [-0.2, -0.15) is 0 Å². The van der Waals surface area contributed by atoms with Gasteiger partial charge in [-0.15, -0.1) is 0 Å². The Hall–Kier alpha value is -1.09. The molecular formula is C10H14FNO. The van der Waals surface area contributed by atoms with Crippen LogP contribution in [0, 0.1) is 5.82 Å². The molecule has 2 nitrogen and oxygen atoms in total. The Labute approximate surface area is 77.5 Å². The standard InChI is InChI=1S/C10H14FNO/c1-7(2)13-9-3-4-10(11)8(5-9)6-12/h3-5,7H,6,12H2,1-2H3. The van der Waals surface area contributed by atoms with Gasteiger partial charge in [0.05, 0.1) is 6.10 Å². The summed E-state index contributed by atoms with van der Waals surface area (Å²) in [6.07, 6.45) is 0.0936. The topological polar surface area (TPSA) is 35.2 Å². The van der Waals surface area contributed by atoms with Gasteiger partial charge < -0.3 is 10.5 Å². The lowest BCUT2D eigenvalue weighted by Gasteiger charge is -2.10. The third kappa shape index (κ3) is 2.70. The molecule has 1 aromatic rings. The van der Waals surface area contributed by atoms with Crippen LogP contribution in [0.15, 0.2) is 18.2 Å². The maximum Gasteiger partial charge on any atom is 0.127 e. The molecule has 0 unspecified atom stereocenters. The van der Waals surface area contributed by atoms with Crippen LogP contribution in [0.5, 0.6) is 5.75 Å². The zero-order valence-corrected chi connectivity index (χ0v) is 7.88. The lowest BCUT2D eigenvalue weighted by atomic mass is 10.2. The van der Waals surface area contributed by atoms with Crippen molar-refractivity contribution in [2.24, 2.45) is 5.73 Å². The molecule has 0 saturated carbocycles. The third-order valence-corrected chi connectivity index (χ3v) is 1.61. The molecule has 0 aliphatic heterocycles. The first kappa shape index (κ1) is 9.99. The van der Waals surface area contributed by atoms with Crippen molar-refractivity contribution in [3.63, 3.8) is 0 Å². The molecule has 72 valence electrons. The highest BCUT2D eigenvalue weighted by molar-refractivity contribution is 5.29. The number of nitrogens with two attached hydrogens (primary N) is 1. The molecule has 0 bridgehead atoms. The highest BCUT2D eigenvalue weighted by atomic mass is 19.1. The minimum Gasteiger partial charge on any atom is -0.491 e. The normalized spacial score (nSPS) is 10.5. The summed E-state index contributed by atoms with van der Waals surface area (Å²) in [6.45, 7) is 4.04. The third-order valence-electron chi connectivity index (χ3n) is 1.61. The van der Waals surface area contributed by atoms with Crippen LogP contribution in [0.3, 0.4) is 0 Å². The SMILES string of the molecule is CC(C)Oc1ccc(F)c(CN)c1. The summed E-state index contributed by atoms with van der Waals surface area (Å²) in [7, 11) is 0. The zero-order chi connectivity index (χ0) is 9.84. The van der Waals surface area contributed by atoms with E-state index in [1.807, 2.05) is 13.8 Å². The Balaban J connectivity index is 2.86. The maximum absolute atomic E-state index is 13.0. The predicted octanol–water partition coefficient (Wildman–Crippen LogP) is 2.07. The van der Waals surface area contributed by atoms with E-state index in [4.69, 9.17) is 10.5 Å². The number of halogens is 1. The smallest absolute Gasteiger partial charge is 0.127 e. The Morgan fingerprint density at radius 3 is 2.69 bits per heavy atom. The van der Waals surface area contributed by atoms with E-state index < -0.39 is 0 Å². The van der Waals surface area contributed by atoms with Gasteiger partial charge >= 0.3 is 0 Å². The van der Waals surface area contributed by atoms with Crippen molar-refractivity contribution in [3.8, 4) is 5.75 Å². The monoisotopic (exact) mass is 183 g/mol. The molecule has 3 heteroatoms. The first-order valence-corrected chi connectivity index (χ1v) is 4.28. The fourth-order valence-corrected chi connectivity index (χ4v) is 1.05. The molecule has 0 aromatic heterocycles. The second-order valence-electron chi connectivity index (χ2n) is 3.12. The molecule has 0 aliphatic carbocycles. The summed E-state index contributed by atoms with van der Waals surface area (Å²) in [5.74, 6) is 0.385. The minimum absolute atomic E-state index is 0.0936. The van der Waals surface area contributed by atoms with Crippen LogP contribution >= 0.6 is 0 Å². The molecule has 0 aliphatic rings. The van der Waals surface area contributed by atoms with Gasteiger partial charge in [0.2, 0.25) is 0 Å². The Morgan fingerprint density at radius 2 is 2.15 bits per heavy atom. The number of benzene rings is 1. The van der Waals surface area contributed by atoms with Crippen molar-refractivity contribution in [2.75, 3.05) is 0 Å². The van der Waals surface area contributed by atoms with E-state index >= 15 is 0 Å². The number of hydrogen-bond donors (Lipinski definition) is 1. The number of hydrogen-bond acceptors (Lipinski definition) is 2. The highest BCUT2D eigenvalue weighted by Gasteiger charge is 2.03. The van der Waals surface area contributed by atoms with Gasteiger partial charge in [0.15, 0.2) is 0 Å². The molecule has 1 aromatic carbocycles. The second kappa shape index (κ2) is 4.23. The van der Waals surface area contributed by atoms with E-state index in [9.17, 15) is 4.39 Å². The fourth-order valence-electron chi connectivity index (χ4n) is 1.05. The molecule has 0 fully saturated rings. The van der Waals surface area contributed by atoms with Crippen molar-refractivity contribution < 1.29 is 9.13 Å². The maximum atomic E-state index is 13.0. The first-order valence-electron chi connectivity index (χ1n) is 4.28. The molecule has 2 N–H and O–H groups in total. The van der Waals surface area contributed by atoms with Crippen LogP contribution in [-0.4, -0.2) is 6.10 Å².